The van der Waals surface area contributed by atoms with E-state index in [1.807, 2.05) is 11.0 Å². The van der Waals surface area contributed by atoms with Crippen molar-refractivity contribution in [3.8, 4) is 5.75 Å². The normalized spacial score (nSPS) is 21.0. The van der Waals surface area contributed by atoms with E-state index < -0.39 is 0 Å². The summed E-state index contributed by atoms with van der Waals surface area (Å²) in [6, 6.07) is 8.37. The van der Waals surface area contributed by atoms with Gasteiger partial charge in [-0.3, -0.25) is 0 Å². The van der Waals surface area contributed by atoms with Crippen LogP contribution in [-0.2, 0) is 6.42 Å². The summed E-state index contributed by atoms with van der Waals surface area (Å²) < 4.78 is 6.01. The summed E-state index contributed by atoms with van der Waals surface area (Å²) in [5.74, 6) is 1.03. The predicted octanol–water partition coefficient (Wildman–Crippen LogP) is 1.78. The van der Waals surface area contributed by atoms with Gasteiger partial charge in [0.2, 0.25) is 0 Å². The standard InChI is InChI=1S/C17H25N3O2/c21-17-19-10-4-12-20(17)11-3-9-18-13-15-8-7-14-5-1-2-6-16(14)22-15/h1-2,5-6,15,18H,3-4,7-13H2,(H,19,21)/t15-/m1/s1. The van der Waals surface area contributed by atoms with Gasteiger partial charge in [-0.1, -0.05) is 18.2 Å². The molecule has 22 heavy (non-hydrogen) atoms. The molecule has 120 valence electrons. The Morgan fingerprint density at radius 2 is 2.27 bits per heavy atom. The SMILES string of the molecule is O=C1NCCCN1CCCNC[C@H]1CCc2ccccc2O1. The number of benzene rings is 1. The molecule has 2 aliphatic heterocycles. The predicted molar refractivity (Wildman–Crippen MR) is 86.3 cm³/mol. The molecule has 1 aromatic carbocycles. The third-order valence-electron chi connectivity index (χ3n) is 4.32. The number of hydrogen-bond donors (Lipinski definition) is 2. The van der Waals surface area contributed by atoms with E-state index >= 15 is 0 Å². The highest BCUT2D eigenvalue weighted by Gasteiger charge is 2.19. The number of amides is 2. The lowest BCUT2D eigenvalue weighted by Gasteiger charge is -2.28. The number of urea groups is 1. The van der Waals surface area contributed by atoms with Gasteiger partial charge in [0.25, 0.3) is 0 Å². The molecule has 2 amide bonds. The van der Waals surface area contributed by atoms with Crippen molar-refractivity contribution in [2.24, 2.45) is 0 Å². The number of nitrogens with one attached hydrogen (secondary N) is 2. The van der Waals surface area contributed by atoms with Crippen LogP contribution in [0.3, 0.4) is 0 Å². The average Bonchev–Trinajstić information content (AvgIpc) is 2.56. The molecule has 3 rings (SSSR count). The number of carbonyl (C=O) groups is 1. The van der Waals surface area contributed by atoms with Crippen LogP contribution in [0.15, 0.2) is 24.3 Å². The van der Waals surface area contributed by atoms with Crippen molar-refractivity contribution in [2.45, 2.75) is 31.8 Å². The molecule has 2 heterocycles. The topological polar surface area (TPSA) is 53.6 Å². The molecule has 1 atom stereocenters. The van der Waals surface area contributed by atoms with Gasteiger partial charge in [0.1, 0.15) is 11.9 Å². The summed E-state index contributed by atoms with van der Waals surface area (Å²) in [5.41, 5.74) is 1.31. The van der Waals surface area contributed by atoms with Crippen molar-refractivity contribution in [3.05, 3.63) is 29.8 Å². The van der Waals surface area contributed by atoms with Crippen LogP contribution in [0, 0.1) is 0 Å². The van der Waals surface area contributed by atoms with Crippen LogP contribution in [0.1, 0.15) is 24.8 Å². The van der Waals surface area contributed by atoms with Crippen LogP contribution < -0.4 is 15.4 Å². The minimum Gasteiger partial charge on any atom is -0.489 e. The van der Waals surface area contributed by atoms with Crippen LogP contribution in [0.4, 0.5) is 4.79 Å². The first-order chi connectivity index (χ1) is 10.8. The van der Waals surface area contributed by atoms with Crippen LogP contribution in [0.2, 0.25) is 0 Å². The second-order valence-electron chi connectivity index (χ2n) is 6.02. The Morgan fingerprint density at radius 3 is 3.18 bits per heavy atom. The number of fused-ring (bicyclic) bond motifs is 1. The zero-order valence-corrected chi connectivity index (χ0v) is 13.0. The molecule has 2 aliphatic rings. The molecular weight excluding hydrogens is 278 g/mol. The maximum atomic E-state index is 11.6. The maximum absolute atomic E-state index is 11.6. The van der Waals surface area contributed by atoms with Crippen LogP contribution in [0.25, 0.3) is 0 Å². The number of aryl methyl sites for hydroxylation is 1. The Labute approximate surface area is 132 Å². The molecule has 0 aromatic heterocycles. The van der Waals surface area contributed by atoms with Gasteiger partial charge in [-0.15, -0.1) is 0 Å². The first-order valence-electron chi connectivity index (χ1n) is 8.31. The lowest BCUT2D eigenvalue weighted by Crippen LogP contribution is -2.47. The quantitative estimate of drug-likeness (QED) is 0.788. The van der Waals surface area contributed by atoms with Crippen LogP contribution in [-0.4, -0.2) is 49.8 Å². The van der Waals surface area contributed by atoms with Crippen LogP contribution >= 0.6 is 0 Å². The smallest absolute Gasteiger partial charge is 0.317 e. The lowest BCUT2D eigenvalue weighted by molar-refractivity contribution is 0.168. The van der Waals surface area contributed by atoms with Gasteiger partial charge in [-0.2, -0.15) is 0 Å². The molecule has 0 bridgehead atoms. The molecule has 5 heteroatoms. The first kappa shape index (κ1) is 15.2. The Hall–Kier alpha value is -1.75. The molecule has 5 nitrogen and oxygen atoms in total. The molecular formula is C17H25N3O2. The van der Waals surface area contributed by atoms with Crippen molar-refractivity contribution in [3.63, 3.8) is 0 Å². The minimum atomic E-state index is 0.0819. The van der Waals surface area contributed by atoms with Gasteiger partial charge in [0.15, 0.2) is 0 Å². The van der Waals surface area contributed by atoms with Crippen molar-refractivity contribution in [1.29, 1.82) is 0 Å². The highest BCUT2D eigenvalue weighted by atomic mass is 16.5. The number of ether oxygens (including phenoxy) is 1. The molecule has 0 aliphatic carbocycles. The Bertz CT molecular complexity index is 506. The summed E-state index contributed by atoms with van der Waals surface area (Å²) >= 11 is 0. The van der Waals surface area contributed by atoms with Gasteiger partial charge in [-0.25, -0.2) is 4.79 Å². The van der Waals surface area contributed by atoms with Crippen molar-refractivity contribution in [1.82, 2.24) is 15.5 Å². The number of rotatable bonds is 6. The molecule has 0 radical (unpaired) electrons. The molecule has 1 saturated heterocycles. The number of carbonyl (C=O) groups excluding carboxylic acids is 1. The van der Waals surface area contributed by atoms with E-state index in [1.54, 1.807) is 0 Å². The van der Waals surface area contributed by atoms with Gasteiger partial charge in [0.05, 0.1) is 0 Å². The summed E-state index contributed by atoms with van der Waals surface area (Å²) in [4.78, 5) is 13.5. The average molecular weight is 303 g/mol. The monoisotopic (exact) mass is 303 g/mol. The summed E-state index contributed by atoms with van der Waals surface area (Å²) in [6.07, 6.45) is 4.45. The van der Waals surface area contributed by atoms with Gasteiger partial charge in [0, 0.05) is 26.2 Å². The van der Waals surface area contributed by atoms with E-state index in [1.165, 1.54) is 5.56 Å². The maximum Gasteiger partial charge on any atom is 0.317 e. The Morgan fingerprint density at radius 1 is 1.36 bits per heavy atom. The highest BCUT2D eigenvalue weighted by Crippen LogP contribution is 2.26. The zero-order chi connectivity index (χ0) is 15.2. The van der Waals surface area contributed by atoms with Crippen molar-refractivity contribution < 1.29 is 9.53 Å². The van der Waals surface area contributed by atoms with Crippen molar-refractivity contribution >= 4 is 6.03 Å². The zero-order valence-electron chi connectivity index (χ0n) is 13.0. The Kier molecular flexibility index (Phi) is 5.16. The number of nitrogens with zero attached hydrogens (tertiary/aromatic N) is 1. The van der Waals surface area contributed by atoms with Gasteiger partial charge >= 0.3 is 6.03 Å². The molecule has 1 aromatic rings. The third kappa shape index (κ3) is 3.91. The van der Waals surface area contributed by atoms with E-state index in [0.717, 1.165) is 64.2 Å². The Balaban J connectivity index is 1.32. The second kappa shape index (κ2) is 7.49. The largest absolute Gasteiger partial charge is 0.489 e. The lowest BCUT2D eigenvalue weighted by atomic mass is 10.0. The third-order valence-corrected chi connectivity index (χ3v) is 4.32. The van der Waals surface area contributed by atoms with Crippen molar-refractivity contribution in [2.75, 3.05) is 32.7 Å². The van der Waals surface area contributed by atoms with E-state index in [2.05, 4.69) is 28.8 Å². The molecule has 1 fully saturated rings. The summed E-state index contributed by atoms with van der Waals surface area (Å²) in [7, 11) is 0. The number of para-hydroxylation sites is 1. The highest BCUT2D eigenvalue weighted by molar-refractivity contribution is 5.74. The molecule has 0 spiro atoms. The minimum absolute atomic E-state index is 0.0819. The summed E-state index contributed by atoms with van der Waals surface area (Å²) in [5, 5.41) is 6.34. The van der Waals surface area contributed by atoms with E-state index in [9.17, 15) is 4.79 Å². The van der Waals surface area contributed by atoms with Crippen LogP contribution in [0.5, 0.6) is 5.75 Å². The summed E-state index contributed by atoms with van der Waals surface area (Å²) in [6.45, 7) is 4.32. The van der Waals surface area contributed by atoms with E-state index in [0.29, 0.717) is 0 Å². The molecule has 0 unspecified atom stereocenters. The fraction of sp³-hybridized carbons (Fsp3) is 0.588. The number of hydrogen-bond acceptors (Lipinski definition) is 3. The fourth-order valence-electron chi connectivity index (χ4n) is 3.07. The first-order valence-corrected chi connectivity index (χ1v) is 8.31. The van der Waals surface area contributed by atoms with Gasteiger partial charge < -0.3 is 20.3 Å². The molecule has 0 saturated carbocycles. The van der Waals surface area contributed by atoms with Gasteiger partial charge in [-0.05, 0) is 43.9 Å². The molecule has 2 N–H and O–H groups in total. The van der Waals surface area contributed by atoms with E-state index in [4.69, 9.17) is 4.74 Å². The van der Waals surface area contributed by atoms with E-state index in [-0.39, 0.29) is 12.1 Å². The fourth-order valence-corrected chi connectivity index (χ4v) is 3.07. The second-order valence-corrected chi connectivity index (χ2v) is 6.02.